The third kappa shape index (κ3) is 2.23. The number of hydrogen-bond donors (Lipinski definition) is 0. The first kappa shape index (κ1) is 12.2. The summed E-state index contributed by atoms with van der Waals surface area (Å²) >= 11 is 0. The molecule has 0 saturated heterocycles. The maximum Gasteiger partial charge on any atom is 0.416 e. The van der Waals surface area contributed by atoms with Crippen LogP contribution in [-0.2, 0) is 13.2 Å². The predicted octanol–water partition coefficient (Wildman–Crippen LogP) is 3.58. The largest absolute Gasteiger partial charge is 0.416 e. The maximum atomic E-state index is 12.4. The second-order valence-electron chi connectivity index (χ2n) is 3.91. The number of nitriles is 1. The van der Waals surface area contributed by atoms with Crippen LogP contribution in [0.2, 0.25) is 0 Å². The Morgan fingerprint density at radius 2 is 1.72 bits per heavy atom. The molecule has 0 fully saturated rings. The van der Waals surface area contributed by atoms with Crippen molar-refractivity contribution in [3.05, 3.63) is 47.8 Å². The van der Waals surface area contributed by atoms with Gasteiger partial charge in [-0.25, -0.2) is 0 Å². The molecule has 1 aromatic carbocycles. The Kier molecular flexibility index (Phi) is 2.87. The van der Waals surface area contributed by atoms with Crippen molar-refractivity contribution < 1.29 is 13.2 Å². The predicted molar refractivity (Wildman–Crippen MR) is 60.6 cm³/mol. The molecule has 18 heavy (non-hydrogen) atoms. The van der Waals surface area contributed by atoms with E-state index in [2.05, 4.69) is 0 Å². The number of aryl methyl sites for hydroxylation is 1. The van der Waals surface area contributed by atoms with Crippen molar-refractivity contribution in [1.82, 2.24) is 4.57 Å². The number of benzene rings is 1. The van der Waals surface area contributed by atoms with E-state index in [4.69, 9.17) is 5.26 Å². The van der Waals surface area contributed by atoms with Crippen LogP contribution in [0.25, 0.3) is 11.1 Å². The molecule has 1 heterocycles. The van der Waals surface area contributed by atoms with E-state index < -0.39 is 11.7 Å². The molecule has 0 bridgehead atoms. The number of alkyl halides is 3. The molecule has 1 aromatic heterocycles. The molecule has 2 nitrogen and oxygen atoms in total. The average molecular weight is 250 g/mol. The van der Waals surface area contributed by atoms with Gasteiger partial charge in [0.05, 0.1) is 5.56 Å². The number of aromatic nitrogens is 1. The molecule has 2 aromatic rings. The van der Waals surface area contributed by atoms with Crippen LogP contribution in [0.1, 0.15) is 11.3 Å². The quantitative estimate of drug-likeness (QED) is 0.760. The molecule has 0 aliphatic rings. The van der Waals surface area contributed by atoms with E-state index in [1.807, 2.05) is 6.07 Å². The molecule has 5 heteroatoms. The van der Waals surface area contributed by atoms with Crippen molar-refractivity contribution in [2.24, 2.45) is 7.05 Å². The molecular formula is C13H9F3N2. The summed E-state index contributed by atoms with van der Waals surface area (Å²) in [5.41, 5.74) is 1.16. The van der Waals surface area contributed by atoms with Gasteiger partial charge in [0.25, 0.3) is 0 Å². The van der Waals surface area contributed by atoms with E-state index in [1.165, 1.54) is 12.1 Å². The Labute approximate surface area is 102 Å². The third-order valence-electron chi connectivity index (χ3n) is 2.67. The molecule has 0 atom stereocenters. The van der Waals surface area contributed by atoms with Crippen LogP contribution in [0.4, 0.5) is 13.2 Å². The highest BCUT2D eigenvalue weighted by atomic mass is 19.4. The molecule has 0 aliphatic heterocycles. The van der Waals surface area contributed by atoms with Crippen LogP contribution in [0.5, 0.6) is 0 Å². The molecule has 0 N–H and O–H groups in total. The molecule has 0 aliphatic carbocycles. The van der Waals surface area contributed by atoms with Gasteiger partial charge >= 0.3 is 6.18 Å². The van der Waals surface area contributed by atoms with Gasteiger partial charge in [-0.05, 0) is 23.8 Å². The summed E-state index contributed by atoms with van der Waals surface area (Å²) in [5, 5.41) is 8.81. The Morgan fingerprint density at radius 3 is 2.17 bits per heavy atom. The van der Waals surface area contributed by atoms with E-state index in [9.17, 15) is 13.2 Å². The van der Waals surface area contributed by atoms with Gasteiger partial charge in [-0.2, -0.15) is 18.4 Å². The van der Waals surface area contributed by atoms with Gasteiger partial charge in [0.2, 0.25) is 0 Å². The van der Waals surface area contributed by atoms with E-state index in [-0.39, 0.29) is 0 Å². The fraction of sp³-hybridized carbons (Fsp3) is 0.154. The van der Waals surface area contributed by atoms with Gasteiger partial charge in [0.15, 0.2) is 0 Å². The molecule has 0 radical (unpaired) electrons. The van der Waals surface area contributed by atoms with Crippen LogP contribution in [-0.4, -0.2) is 4.57 Å². The first-order chi connectivity index (χ1) is 8.41. The van der Waals surface area contributed by atoms with Crippen LogP contribution >= 0.6 is 0 Å². The first-order valence-corrected chi connectivity index (χ1v) is 5.16. The lowest BCUT2D eigenvalue weighted by molar-refractivity contribution is -0.137. The van der Waals surface area contributed by atoms with Crippen molar-refractivity contribution in [3.8, 4) is 17.2 Å². The lowest BCUT2D eigenvalue weighted by Gasteiger charge is -2.06. The molecule has 0 amide bonds. The Morgan fingerprint density at radius 1 is 1.11 bits per heavy atom. The van der Waals surface area contributed by atoms with Gasteiger partial charge in [-0.15, -0.1) is 0 Å². The molecular weight excluding hydrogens is 241 g/mol. The Hall–Kier alpha value is -2.22. The van der Waals surface area contributed by atoms with Crippen LogP contribution < -0.4 is 0 Å². The molecule has 0 saturated carbocycles. The summed E-state index contributed by atoms with van der Waals surface area (Å²) in [6, 6.07) is 8.52. The second kappa shape index (κ2) is 4.22. The lowest BCUT2D eigenvalue weighted by atomic mass is 10.1. The summed E-state index contributed by atoms with van der Waals surface area (Å²) in [7, 11) is 1.71. The van der Waals surface area contributed by atoms with Gasteiger partial charge in [0, 0.05) is 18.8 Å². The lowest BCUT2D eigenvalue weighted by Crippen LogP contribution is -2.03. The second-order valence-corrected chi connectivity index (χ2v) is 3.91. The summed E-state index contributed by atoms with van der Waals surface area (Å²) in [5.74, 6) is 0. The molecule has 92 valence electrons. The zero-order valence-electron chi connectivity index (χ0n) is 9.49. The van der Waals surface area contributed by atoms with Crippen molar-refractivity contribution in [1.29, 1.82) is 5.26 Å². The zero-order chi connectivity index (χ0) is 13.3. The standard InChI is InChI=1S/C13H9F3N2/c1-18-8-10(6-12(18)7-17)9-2-4-11(5-3-9)13(14,15)16/h2-6,8H,1H3. The van der Waals surface area contributed by atoms with Crippen LogP contribution in [0, 0.1) is 11.3 Å². The minimum atomic E-state index is -4.33. The van der Waals surface area contributed by atoms with Crippen molar-refractivity contribution in [2.75, 3.05) is 0 Å². The minimum Gasteiger partial charge on any atom is -0.342 e. The normalized spacial score (nSPS) is 11.3. The topological polar surface area (TPSA) is 28.7 Å². The van der Waals surface area contributed by atoms with E-state index in [0.29, 0.717) is 11.3 Å². The number of hydrogen-bond acceptors (Lipinski definition) is 1. The molecule has 2 rings (SSSR count). The van der Waals surface area contributed by atoms with Gasteiger partial charge in [0.1, 0.15) is 11.8 Å². The summed E-state index contributed by atoms with van der Waals surface area (Å²) < 4.78 is 38.8. The van der Waals surface area contributed by atoms with E-state index in [0.717, 1.165) is 17.7 Å². The fourth-order valence-corrected chi connectivity index (χ4v) is 1.69. The third-order valence-corrected chi connectivity index (χ3v) is 2.67. The highest BCUT2D eigenvalue weighted by Crippen LogP contribution is 2.31. The summed E-state index contributed by atoms with van der Waals surface area (Å²) in [6.45, 7) is 0. The Bertz CT molecular complexity index is 601. The summed E-state index contributed by atoms with van der Waals surface area (Å²) in [6.07, 6.45) is -2.62. The van der Waals surface area contributed by atoms with E-state index >= 15 is 0 Å². The molecule has 0 unspecified atom stereocenters. The van der Waals surface area contributed by atoms with Crippen LogP contribution in [0.3, 0.4) is 0 Å². The SMILES string of the molecule is Cn1cc(-c2ccc(C(F)(F)F)cc2)cc1C#N. The van der Waals surface area contributed by atoms with Crippen molar-refractivity contribution >= 4 is 0 Å². The monoisotopic (exact) mass is 250 g/mol. The smallest absolute Gasteiger partial charge is 0.342 e. The van der Waals surface area contributed by atoms with Gasteiger partial charge in [-0.3, -0.25) is 0 Å². The van der Waals surface area contributed by atoms with Crippen LogP contribution in [0.15, 0.2) is 36.5 Å². The fourth-order valence-electron chi connectivity index (χ4n) is 1.69. The number of halogens is 3. The first-order valence-electron chi connectivity index (χ1n) is 5.16. The van der Waals surface area contributed by atoms with E-state index in [1.54, 1.807) is 23.9 Å². The zero-order valence-corrected chi connectivity index (χ0v) is 9.49. The Balaban J connectivity index is 2.38. The van der Waals surface area contributed by atoms with Gasteiger partial charge < -0.3 is 4.57 Å². The highest BCUT2D eigenvalue weighted by molar-refractivity contribution is 5.65. The van der Waals surface area contributed by atoms with Crippen molar-refractivity contribution in [3.63, 3.8) is 0 Å². The highest BCUT2D eigenvalue weighted by Gasteiger charge is 2.29. The van der Waals surface area contributed by atoms with Gasteiger partial charge in [-0.1, -0.05) is 12.1 Å². The average Bonchev–Trinajstić information content (AvgIpc) is 2.69. The number of nitrogens with zero attached hydrogens (tertiary/aromatic N) is 2. The molecule has 0 spiro atoms. The maximum absolute atomic E-state index is 12.4. The van der Waals surface area contributed by atoms with Crippen molar-refractivity contribution in [2.45, 2.75) is 6.18 Å². The summed E-state index contributed by atoms with van der Waals surface area (Å²) in [4.78, 5) is 0. The minimum absolute atomic E-state index is 0.463. The number of rotatable bonds is 1.